The van der Waals surface area contributed by atoms with E-state index in [1.165, 1.54) is 0 Å². The van der Waals surface area contributed by atoms with Crippen LogP contribution in [0.3, 0.4) is 0 Å². The number of hydrogen-bond donors (Lipinski definition) is 1. The molecule has 0 saturated heterocycles. The van der Waals surface area contributed by atoms with E-state index in [1.807, 2.05) is 44.2 Å². The quantitative estimate of drug-likeness (QED) is 0.558. The molecule has 8 heteroatoms. The van der Waals surface area contributed by atoms with Crippen LogP contribution in [0.1, 0.15) is 29.6 Å². The van der Waals surface area contributed by atoms with Crippen LogP contribution in [-0.2, 0) is 13.0 Å². The van der Waals surface area contributed by atoms with Gasteiger partial charge in [-0.1, -0.05) is 48.9 Å². The zero-order chi connectivity index (χ0) is 17.1. The van der Waals surface area contributed by atoms with Crippen LogP contribution in [0.2, 0.25) is 5.15 Å². The summed E-state index contributed by atoms with van der Waals surface area (Å²) in [6.45, 7) is 4.51. The highest BCUT2D eigenvalue weighted by Crippen LogP contribution is 2.19. The summed E-state index contributed by atoms with van der Waals surface area (Å²) in [6.07, 6.45) is 2.40. The lowest BCUT2D eigenvalue weighted by Gasteiger charge is -2.03. The molecule has 0 spiro atoms. The Balaban J connectivity index is 1.91. The molecule has 0 amide bonds. The molecule has 24 heavy (non-hydrogen) atoms. The van der Waals surface area contributed by atoms with Crippen molar-refractivity contribution in [2.75, 3.05) is 0 Å². The van der Waals surface area contributed by atoms with E-state index in [2.05, 4.69) is 20.4 Å². The minimum atomic E-state index is 0.452. The second kappa shape index (κ2) is 7.11. The van der Waals surface area contributed by atoms with E-state index in [0.29, 0.717) is 16.5 Å². The van der Waals surface area contributed by atoms with Gasteiger partial charge in [-0.15, -0.1) is 0 Å². The summed E-state index contributed by atoms with van der Waals surface area (Å²) in [5.41, 5.74) is 2.72. The molecule has 0 saturated carbocycles. The van der Waals surface area contributed by atoms with Crippen LogP contribution >= 0.6 is 23.8 Å². The SMILES string of the molecule is CCc1n[nH]c(=S)n1N=Cc1c(C)nn(Cc2ccccc2)c1Cl. The number of hydrogen-bond acceptors (Lipinski definition) is 4. The molecule has 0 bridgehead atoms. The molecule has 0 unspecified atom stereocenters. The Morgan fingerprint density at radius 3 is 2.79 bits per heavy atom. The van der Waals surface area contributed by atoms with E-state index in [9.17, 15) is 0 Å². The highest BCUT2D eigenvalue weighted by Gasteiger charge is 2.12. The van der Waals surface area contributed by atoms with Gasteiger partial charge >= 0.3 is 0 Å². The van der Waals surface area contributed by atoms with Gasteiger partial charge in [-0.05, 0) is 24.7 Å². The van der Waals surface area contributed by atoms with Gasteiger partial charge in [-0.2, -0.15) is 20.0 Å². The first-order chi connectivity index (χ1) is 11.6. The zero-order valence-electron chi connectivity index (χ0n) is 13.4. The molecule has 0 aliphatic rings. The Morgan fingerprint density at radius 1 is 1.33 bits per heavy atom. The number of rotatable bonds is 5. The third-order valence-corrected chi connectivity index (χ3v) is 4.28. The topological polar surface area (TPSA) is 63.8 Å². The second-order valence-electron chi connectivity index (χ2n) is 5.29. The van der Waals surface area contributed by atoms with Gasteiger partial charge in [-0.25, -0.2) is 4.68 Å². The Morgan fingerprint density at radius 2 is 2.08 bits per heavy atom. The Kier molecular flexibility index (Phi) is 4.92. The summed E-state index contributed by atoms with van der Waals surface area (Å²) in [7, 11) is 0. The lowest BCUT2D eigenvalue weighted by Crippen LogP contribution is -2.02. The smallest absolute Gasteiger partial charge is 0.216 e. The van der Waals surface area contributed by atoms with E-state index >= 15 is 0 Å². The van der Waals surface area contributed by atoms with Gasteiger partial charge in [0.1, 0.15) is 5.15 Å². The van der Waals surface area contributed by atoms with Gasteiger partial charge in [0, 0.05) is 6.42 Å². The summed E-state index contributed by atoms with van der Waals surface area (Å²) >= 11 is 11.7. The number of halogens is 1. The maximum absolute atomic E-state index is 6.48. The maximum Gasteiger partial charge on any atom is 0.216 e. The molecule has 2 aromatic heterocycles. The largest absolute Gasteiger partial charge is 0.250 e. The molecule has 1 aromatic carbocycles. The van der Waals surface area contributed by atoms with E-state index in [0.717, 1.165) is 29.1 Å². The zero-order valence-corrected chi connectivity index (χ0v) is 15.0. The fourth-order valence-electron chi connectivity index (χ4n) is 2.36. The Labute approximate surface area is 149 Å². The lowest BCUT2D eigenvalue weighted by atomic mass is 10.2. The van der Waals surface area contributed by atoms with Crippen molar-refractivity contribution in [1.29, 1.82) is 0 Å². The molecule has 6 nitrogen and oxygen atoms in total. The third kappa shape index (κ3) is 3.32. The number of nitrogens with one attached hydrogen (secondary N) is 1. The predicted molar refractivity (Wildman–Crippen MR) is 97.3 cm³/mol. The Bertz CT molecular complexity index is 922. The number of H-pyrrole nitrogens is 1. The number of aromatic nitrogens is 5. The van der Waals surface area contributed by atoms with Crippen molar-refractivity contribution in [3.63, 3.8) is 0 Å². The van der Waals surface area contributed by atoms with Crippen molar-refractivity contribution < 1.29 is 0 Å². The number of aromatic amines is 1. The van der Waals surface area contributed by atoms with Crippen LogP contribution in [0.25, 0.3) is 0 Å². The fourth-order valence-corrected chi connectivity index (χ4v) is 2.84. The highest BCUT2D eigenvalue weighted by atomic mass is 35.5. The van der Waals surface area contributed by atoms with Crippen LogP contribution in [0, 0.1) is 11.7 Å². The molecule has 0 aliphatic heterocycles. The molecule has 1 N–H and O–H groups in total. The van der Waals surface area contributed by atoms with Crippen LogP contribution in [0.5, 0.6) is 0 Å². The molecule has 3 rings (SSSR count). The molecule has 2 heterocycles. The monoisotopic (exact) mass is 360 g/mol. The van der Waals surface area contributed by atoms with Crippen LogP contribution in [0.4, 0.5) is 0 Å². The molecule has 0 aliphatic carbocycles. The molecule has 0 atom stereocenters. The second-order valence-corrected chi connectivity index (χ2v) is 6.03. The van der Waals surface area contributed by atoms with Crippen molar-refractivity contribution in [1.82, 2.24) is 24.7 Å². The summed E-state index contributed by atoms with van der Waals surface area (Å²) < 4.78 is 3.82. The first-order valence-corrected chi connectivity index (χ1v) is 8.36. The molecular weight excluding hydrogens is 344 g/mol. The maximum atomic E-state index is 6.48. The van der Waals surface area contributed by atoms with Crippen molar-refractivity contribution in [2.45, 2.75) is 26.8 Å². The van der Waals surface area contributed by atoms with Crippen molar-refractivity contribution in [3.05, 3.63) is 62.9 Å². The normalized spacial score (nSPS) is 11.5. The average Bonchev–Trinajstić information content (AvgIpc) is 3.07. The van der Waals surface area contributed by atoms with Gasteiger partial charge in [-0.3, -0.25) is 5.10 Å². The predicted octanol–water partition coefficient (Wildman–Crippen LogP) is 3.59. The minimum absolute atomic E-state index is 0.452. The van der Waals surface area contributed by atoms with Gasteiger partial charge in [0.15, 0.2) is 5.82 Å². The van der Waals surface area contributed by atoms with Crippen LogP contribution < -0.4 is 0 Å². The van der Waals surface area contributed by atoms with Crippen molar-refractivity contribution >= 4 is 30.0 Å². The molecule has 0 fully saturated rings. The molecule has 3 aromatic rings. The first kappa shape index (κ1) is 16.6. The van der Waals surface area contributed by atoms with Gasteiger partial charge in [0.25, 0.3) is 0 Å². The highest BCUT2D eigenvalue weighted by molar-refractivity contribution is 7.71. The van der Waals surface area contributed by atoms with E-state index in [4.69, 9.17) is 23.8 Å². The molecule has 124 valence electrons. The van der Waals surface area contributed by atoms with E-state index < -0.39 is 0 Å². The molecule has 0 radical (unpaired) electrons. The fraction of sp³-hybridized carbons (Fsp3) is 0.250. The summed E-state index contributed by atoms with van der Waals surface area (Å²) in [6, 6.07) is 10.1. The minimum Gasteiger partial charge on any atom is -0.250 e. The Hall–Kier alpha value is -2.25. The van der Waals surface area contributed by atoms with Crippen molar-refractivity contribution in [3.8, 4) is 0 Å². The number of nitrogens with zero attached hydrogens (tertiary/aromatic N) is 5. The first-order valence-electron chi connectivity index (χ1n) is 7.57. The van der Waals surface area contributed by atoms with E-state index in [1.54, 1.807) is 15.6 Å². The van der Waals surface area contributed by atoms with Crippen LogP contribution in [0.15, 0.2) is 35.4 Å². The van der Waals surface area contributed by atoms with Crippen LogP contribution in [-0.4, -0.2) is 30.9 Å². The summed E-state index contributed by atoms with van der Waals surface area (Å²) in [5.74, 6) is 0.765. The average molecular weight is 361 g/mol. The van der Waals surface area contributed by atoms with Gasteiger partial charge in [0.2, 0.25) is 4.77 Å². The number of aryl methyl sites for hydroxylation is 2. The molecular formula is C16H17ClN6S. The van der Waals surface area contributed by atoms with Gasteiger partial charge < -0.3 is 0 Å². The number of benzene rings is 1. The van der Waals surface area contributed by atoms with E-state index in [-0.39, 0.29) is 0 Å². The van der Waals surface area contributed by atoms with Gasteiger partial charge in [0.05, 0.1) is 24.0 Å². The standard InChI is InChI=1S/C16H17ClN6S/c1-3-14-19-20-16(24)23(14)18-9-13-11(2)21-22(15(13)17)10-12-7-5-4-6-8-12/h4-9H,3,10H2,1-2H3,(H,20,24). The lowest BCUT2D eigenvalue weighted by molar-refractivity contribution is 0.680. The van der Waals surface area contributed by atoms with Crippen molar-refractivity contribution in [2.24, 2.45) is 5.10 Å². The third-order valence-electron chi connectivity index (χ3n) is 3.62. The summed E-state index contributed by atoms with van der Waals surface area (Å²) in [5, 5.41) is 16.3. The summed E-state index contributed by atoms with van der Waals surface area (Å²) in [4.78, 5) is 0.